The van der Waals surface area contributed by atoms with Crippen LogP contribution in [0, 0.1) is 11.8 Å². The lowest BCUT2D eigenvalue weighted by Crippen LogP contribution is -2.49. The Kier molecular flexibility index (Phi) is 11.4. The largest absolute Gasteiger partial charge is 0.361 e. The van der Waals surface area contributed by atoms with Crippen LogP contribution in [0.5, 0.6) is 0 Å². The van der Waals surface area contributed by atoms with Gasteiger partial charge in [0.25, 0.3) is 5.91 Å². The third kappa shape index (κ3) is 8.68. The molecule has 0 radical (unpaired) electrons. The van der Waals surface area contributed by atoms with E-state index in [9.17, 15) is 14.4 Å². The maximum Gasteiger partial charge on any atom is 0.276 e. The molecule has 0 spiro atoms. The predicted octanol–water partition coefficient (Wildman–Crippen LogP) is 4.12. The fourth-order valence-corrected chi connectivity index (χ4v) is 5.52. The van der Waals surface area contributed by atoms with Gasteiger partial charge in [0.2, 0.25) is 11.8 Å². The van der Waals surface area contributed by atoms with Crippen molar-refractivity contribution in [2.24, 2.45) is 11.8 Å². The quantitative estimate of drug-likeness (QED) is 0.390. The minimum atomic E-state index is -0.679. The molecular weight excluding hydrogens is 566 g/mol. The molecule has 0 saturated carbocycles. The monoisotopic (exact) mass is 609 g/mol. The molecule has 1 aromatic carbocycles. The minimum absolute atomic E-state index is 0.0208. The Labute approximate surface area is 257 Å². The molecule has 0 fully saturated rings. The highest BCUT2D eigenvalue weighted by molar-refractivity contribution is 7.98. The summed E-state index contributed by atoms with van der Waals surface area (Å²) in [4.78, 5) is 46.7. The summed E-state index contributed by atoms with van der Waals surface area (Å²) in [5.74, 6) is 2.14. The fraction of sp³-hybridized carbons (Fsp3) is 0.548. The molecule has 0 aliphatic carbocycles. The summed E-state index contributed by atoms with van der Waals surface area (Å²) in [7, 11) is 0. The van der Waals surface area contributed by atoms with Gasteiger partial charge in [0, 0.05) is 37.6 Å². The van der Waals surface area contributed by atoms with Gasteiger partial charge >= 0.3 is 0 Å². The molecule has 3 heterocycles. The third-order valence-electron chi connectivity index (χ3n) is 7.33. The second kappa shape index (κ2) is 15.2. The summed E-state index contributed by atoms with van der Waals surface area (Å²) in [5, 5.41) is 15.0. The van der Waals surface area contributed by atoms with E-state index in [2.05, 4.69) is 29.6 Å². The molecule has 11 nitrogen and oxygen atoms in total. The van der Waals surface area contributed by atoms with Crippen LogP contribution in [0.3, 0.4) is 0 Å². The molecule has 1 aliphatic rings. The maximum atomic E-state index is 13.6. The summed E-state index contributed by atoms with van der Waals surface area (Å²) < 4.78 is 7.24. The van der Waals surface area contributed by atoms with Gasteiger partial charge in [-0.2, -0.15) is 16.9 Å². The van der Waals surface area contributed by atoms with E-state index in [1.807, 2.05) is 50.4 Å². The first-order valence-corrected chi connectivity index (χ1v) is 16.4. The van der Waals surface area contributed by atoms with E-state index >= 15 is 0 Å². The molecule has 12 heteroatoms. The summed E-state index contributed by atoms with van der Waals surface area (Å²) >= 11 is 1.62. The van der Waals surface area contributed by atoms with Crippen LogP contribution in [0.15, 0.2) is 40.9 Å². The van der Waals surface area contributed by atoms with Crippen LogP contribution in [0.25, 0.3) is 11.4 Å². The lowest BCUT2D eigenvalue weighted by Gasteiger charge is -2.27. The van der Waals surface area contributed by atoms with Crippen molar-refractivity contribution < 1.29 is 18.9 Å². The Morgan fingerprint density at radius 1 is 1.09 bits per heavy atom. The number of hydrogen-bond acceptors (Lipinski definition) is 8. The van der Waals surface area contributed by atoms with Crippen LogP contribution in [0.1, 0.15) is 75.1 Å². The number of amides is 3. The first kappa shape index (κ1) is 32.2. The molecule has 0 bridgehead atoms. The first-order valence-electron chi connectivity index (χ1n) is 15.0. The van der Waals surface area contributed by atoms with E-state index in [4.69, 9.17) is 14.6 Å². The summed E-state index contributed by atoms with van der Waals surface area (Å²) in [6.07, 6.45) is 3.77. The second-order valence-electron chi connectivity index (χ2n) is 11.7. The van der Waals surface area contributed by atoms with E-state index in [1.165, 1.54) is 0 Å². The van der Waals surface area contributed by atoms with Crippen molar-refractivity contribution in [2.75, 3.05) is 25.1 Å². The number of benzene rings is 1. The lowest BCUT2D eigenvalue weighted by atomic mass is 10.0. The molecule has 232 valence electrons. The number of nitrogens with one attached hydrogen (secondary N) is 2. The van der Waals surface area contributed by atoms with Crippen LogP contribution in [0.2, 0.25) is 0 Å². The van der Waals surface area contributed by atoms with Gasteiger partial charge in [-0.15, -0.1) is 0 Å². The average molecular weight is 610 g/mol. The second-order valence-corrected chi connectivity index (χ2v) is 12.7. The summed E-state index contributed by atoms with van der Waals surface area (Å²) in [6.45, 7) is 9.18. The van der Waals surface area contributed by atoms with Crippen molar-refractivity contribution in [3.05, 3.63) is 53.7 Å². The van der Waals surface area contributed by atoms with E-state index in [0.29, 0.717) is 62.2 Å². The Hall–Kier alpha value is -3.67. The number of thioether (sulfide) groups is 1. The molecule has 3 amide bonds. The fourth-order valence-electron chi connectivity index (χ4n) is 5.05. The van der Waals surface area contributed by atoms with Gasteiger partial charge < -0.3 is 20.1 Å². The third-order valence-corrected chi connectivity index (χ3v) is 7.97. The molecule has 43 heavy (non-hydrogen) atoms. The Balaban J connectivity index is 1.70. The number of nitrogens with zero attached hydrogens (tertiary/aromatic N) is 5. The van der Waals surface area contributed by atoms with E-state index in [1.54, 1.807) is 27.4 Å². The SMILES string of the molecule is CSCC[C@@H]1NC(=O)CCCN(C(=O)c2cc(CC(C)C)on2)CCn2nc(-c3ccccc3)nc2[C@@H](C(C)C)NC1=O. The van der Waals surface area contributed by atoms with Gasteiger partial charge in [0.05, 0.1) is 12.6 Å². The Morgan fingerprint density at radius 2 is 1.86 bits per heavy atom. The van der Waals surface area contributed by atoms with Crippen molar-refractivity contribution >= 4 is 29.5 Å². The molecule has 2 atom stereocenters. The van der Waals surface area contributed by atoms with Crippen molar-refractivity contribution in [3.8, 4) is 11.4 Å². The lowest BCUT2D eigenvalue weighted by molar-refractivity contribution is -0.129. The van der Waals surface area contributed by atoms with E-state index in [-0.39, 0.29) is 35.8 Å². The molecule has 4 rings (SSSR count). The highest BCUT2D eigenvalue weighted by atomic mass is 32.2. The van der Waals surface area contributed by atoms with Crippen LogP contribution in [-0.4, -0.2) is 73.7 Å². The number of fused-ring (bicyclic) bond motifs is 1. The van der Waals surface area contributed by atoms with Gasteiger partial charge in [0.15, 0.2) is 17.3 Å². The molecule has 2 aromatic heterocycles. The van der Waals surface area contributed by atoms with Gasteiger partial charge in [-0.05, 0) is 36.7 Å². The highest BCUT2D eigenvalue weighted by Gasteiger charge is 2.30. The van der Waals surface area contributed by atoms with Gasteiger partial charge in [-0.25, -0.2) is 9.67 Å². The Morgan fingerprint density at radius 3 is 2.56 bits per heavy atom. The van der Waals surface area contributed by atoms with Crippen molar-refractivity contribution in [1.29, 1.82) is 0 Å². The average Bonchev–Trinajstić information content (AvgIpc) is 3.62. The van der Waals surface area contributed by atoms with Crippen molar-refractivity contribution in [2.45, 2.75) is 72.0 Å². The first-order chi connectivity index (χ1) is 20.7. The number of aromatic nitrogens is 4. The Bertz CT molecular complexity index is 1370. The van der Waals surface area contributed by atoms with Gasteiger partial charge in [-0.3, -0.25) is 14.4 Å². The molecule has 3 aromatic rings. The smallest absolute Gasteiger partial charge is 0.276 e. The van der Waals surface area contributed by atoms with E-state index in [0.717, 1.165) is 11.3 Å². The zero-order valence-corrected chi connectivity index (χ0v) is 26.5. The van der Waals surface area contributed by atoms with Gasteiger partial charge in [-0.1, -0.05) is 63.2 Å². The zero-order chi connectivity index (χ0) is 30.9. The molecule has 1 aliphatic heterocycles. The maximum absolute atomic E-state index is 13.6. The van der Waals surface area contributed by atoms with Gasteiger partial charge in [0.1, 0.15) is 11.8 Å². The summed E-state index contributed by atoms with van der Waals surface area (Å²) in [5.41, 5.74) is 1.10. The van der Waals surface area contributed by atoms with Crippen LogP contribution >= 0.6 is 11.8 Å². The van der Waals surface area contributed by atoms with Crippen molar-refractivity contribution in [3.63, 3.8) is 0 Å². The number of hydrogen-bond donors (Lipinski definition) is 2. The minimum Gasteiger partial charge on any atom is -0.361 e. The van der Waals surface area contributed by atoms with Crippen molar-refractivity contribution in [1.82, 2.24) is 35.5 Å². The number of rotatable bonds is 8. The normalized spacial score (nSPS) is 18.7. The molecule has 2 N–H and O–H groups in total. The number of carbonyl (C=O) groups excluding carboxylic acids is 3. The number of carbonyl (C=O) groups is 3. The van der Waals surface area contributed by atoms with E-state index < -0.39 is 12.1 Å². The predicted molar refractivity (Wildman–Crippen MR) is 166 cm³/mol. The standard InChI is InChI=1S/C31H43N7O4S/c1-20(2)18-23-19-25(36-42-23)31(41)37-14-9-12-26(39)32-24(13-17-43-5)30(40)33-27(21(3)4)29-34-28(35-38(29)16-15-37)22-10-7-6-8-11-22/h6-8,10-11,19-21,24,27H,9,12-18H2,1-5H3,(H,32,39)(H,33,40)/t24-,27+/m0/s1. The van der Waals surface area contributed by atoms with Crippen LogP contribution in [-0.2, 0) is 22.6 Å². The topological polar surface area (TPSA) is 135 Å². The zero-order valence-electron chi connectivity index (χ0n) is 25.7. The molecule has 0 unspecified atom stereocenters. The van der Waals surface area contributed by atoms with Crippen LogP contribution < -0.4 is 10.6 Å². The van der Waals surface area contributed by atoms with Crippen LogP contribution in [0.4, 0.5) is 0 Å². The highest BCUT2D eigenvalue weighted by Crippen LogP contribution is 2.25. The summed E-state index contributed by atoms with van der Waals surface area (Å²) in [6, 6.07) is 10.2. The molecular formula is C31H43N7O4S. The molecule has 0 saturated heterocycles.